The van der Waals surface area contributed by atoms with Crippen LogP contribution in [0.4, 0.5) is 5.82 Å². The van der Waals surface area contributed by atoms with Gasteiger partial charge in [-0.1, -0.05) is 23.8 Å². The first-order valence-electron chi connectivity index (χ1n) is 7.99. The van der Waals surface area contributed by atoms with Crippen LogP contribution >= 0.6 is 0 Å². The number of carbonyl (C=O) groups excluding carboxylic acids is 1. The maximum atomic E-state index is 12.9. The molecule has 0 fully saturated rings. The molecule has 0 N–H and O–H groups in total. The molecule has 2 aromatic carbocycles. The van der Waals surface area contributed by atoms with E-state index in [9.17, 15) is 13.2 Å². The van der Waals surface area contributed by atoms with Gasteiger partial charge in [0, 0.05) is 19.5 Å². The third kappa shape index (κ3) is 2.94. The zero-order valence-corrected chi connectivity index (χ0v) is 15.9. The van der Waals surface area contributed by atoms with Crippen molar-refractivity contribution in [1.82, 2.24) is 4.57 Å². The van der Waals surface area contributed by atoms with Gasteiger partial charge in [-0.2, -0.15) is 0 Å². The third-order valence-electron chi connectivity index (χ3n) is 4.44. The van der Waals surface area contributed by atoms with Crippen LogP contribution in [0.2, 0.25) is 0 Å². The van der Waals surface area contributed by atoms with Crippen molar-refractivity contribution in [3.05, 3.63) is 59.7 Å². The van der Waals surface area contributed by atoms with Gasteiger partial charge in [0.1, 0.15) is 5.82 Å². The number of hydrogen-bond acceptors (Lipinski definition) is 4. The van der Waals surface area contributed by atoms with Crippen LogP contribution in [0, 0.1) is 6.92 Å². The van der Waals surface area contributed by atoms with Crippen LogP contribution in [0.15, 0.2) is 53.4 Å². The Morgan fingerprint density at radius 2 is 1.73 bits per heavy atom. The molecular weight excluding hydrogens is 352 g/mol. The van der Waals surface area contributed by atoms with Gasteiger partial charge in [0.25, 0.3) is 10.0 Å². The highest BCUT2D eigenvalue weighted by Crippen LogP contribution is 2.29. The summed E-state index contributed by atoms with van der Waals surface area (Å²) in [7, 11) is 0.917. The fraction of sp³-hybridized carbons (Fsp3) is 0.211. The first kappa shape index (κ1) is 18.0. The highest BCUT2D eigenvalue weighted by atomic mass is 32.2. The fourth-order valence-electron chi connectivity index (χ4n) is 2.85. The molecule has 0 amide bonds. The van der Waals surface area contributed by atoms with E-state index in [1.165, 1.54) is 18.5 Å². The lowest BCUT2D eigenvalue weighted by Crippen LogP contribution is -2.28. The van der Waals surface area contributed by atoms with Crippen molar-refractivity contribution in [2.75, 3.05) is 18.5 Å². The van der Waals surface area contributed by atoms with E-state index >= 15 is 0 Å². The molecule has 0 bridgehead atoms. The SMILES string of the molecule is COC(=O)c1ccc2cc(N(C)S(=O)(=O)c3ccc(C)cc3)n(C)c2c1. The first-order chi connectivity index (χ1) is 12.3. The number of nitrogens with zero attached hydrogens (tertiary/aromatic N) is 2. The van der Waals surface area contributed by atoms with E-state index in [1.54, 1.807) is 60.1 Å². The maximum absolute atomic E-state index is 12.9. The molecule has 0 aliphatic rings. The Bertz CT molecular complexity index is 1080. The van der Waals surface area contributed by atoms with E-state index in [2.05, 4.69) is 0 Å². The average Bonchev–Trinajstić information content (AvgIpc) is 2.96. The van der Waals surface area contributed by atoms with E-state index in [1.807, 2.05) is 6.92 Å². The lowest BCUT2D eigenvalue weighted by atomic mass is 10.1. The summed E-state index contributed by atoms with van der Waals surface area (Å²) in [6.45, 7) is 1.91. The van der Waals surface area contributed by atoms with Crippen molar-refractivity contribution in [3.63, 3.8) is 0 Å². The average molecular weight is 372 g/mol. The molecule has 1 heterocycles. The highest BCUT2D eigenvalue weighted by Gasteiger charge is 2.24. The molecule has 6 nitrogen and oxygen atoms in total. The Morgan fingerprint density at radius 3 is 2.35 bits per heavy atom. The molecule has 0 saturated heterocycles. The largest absolute Gasteiger partial charge is 0.465 e. The van der Waals surface area contributed by atoms with Crippen molar-refractivity contribution in [2.24, 2.45) is 7.05 Å². The summed E-state index contributed by atoms with van der Waals surface area (Å²) in [5.74, 6) is 0.0675. The molecule has 0 saturated carbocycles. The molecular formula is C19H20N2O4S. The van der Waals surface area contributed by atoms with Crippen LogP contribution in [0.25, 0.3) is 10.9 Å². The molecule has 0 aliphatic carbocycles. The normalized spacial score (nSPS) is 11.5. The van der Waals surface area contributed by atoms with Crippen LogP contribution in [0.5, 0.6) is 0 Å². The lowest BCUT2D eigenvalue weighted by Gasteiger charge is -2.20. The van der Waals surface area contributed by atoms with Gasteiger partial charge < -0.3 is 9.30 Å². The second-order valence-electron chi connectivity index (χ2n) is 6.11. The van der Waals surface area contributed by atoms with Crippen LogP contribution in [0.3, 0.4) is 0 Å². The lowest BCUT2D eigenvalue weighted by molar-refractivity contribution is 0.0601. The number of fused-ring (bicyclic) bond motifs is 1. The van der Waals surface area contributed by atoms with Gasteiger partial charge in [0.05, 0.1) is 23.1 Å². The van der Waals surface area contributed by atoms with Crippen molar-refractivity contribution < 1.29 is 17.9 Å². The third-order valence-corrected chi connectivity index (χ3v) is 6.22. The topological polar surface area (TPSA) is 68.6 Å². The smallest absolute Gasteiger partial charge is 0.337 e. The second-order valence-corrected chi connectivity index (χ2v) is 8.08. The molecule has 0 radical (unpaired) electrons. The monoisotopic (exact) mass is 372 g/mol. The zero-order valence-electron chi connectivity index (χ0n) is 15.1. The molecule has 1 aromatic heterocycles. The van der Waals surface area contributed by atoms with Gasteiger partial charge in [0.2, 0.25) is 0 Å². The number of methoxy groups -OCH3 is 1. The molecule has 3 rings (SSSR count). The van der Waals surface area contributed by atoms with Gasteiger partial charge in [-0.05, 0) is 37.3 Å². The predicted octanol–water partition coefficient (Wildman–Crippen LogP) is 3.10. The summed E-state index contributed by atoms with van der Waals surface area (Å²) < 4.78 is 33.6. The molecule has 0 atom stereocenters. The Kier molecular flexibility index (Phi) is 4.50. The predicted molar refractivity (Wildman–Crippen MR) is 101 cm³/mol. The number of carbonyl (C=O) groups is 1. The number of aromatic nitrogens is 1. The quantitative estimate of drug-likeness (QED) is 0.660. The summed E-state index contributed by atoms with van der Waals surface area (Å²) in [6, 6.07) is 13.6. The summed E-state index contributed by atoms with van der Waals surface area (Å²) in [5.41, 5.74) is 2.15. The van der Waals surface area contributed by atoms with Crippen LogP contribution in [0.1, 0.15) is 15.9 Å². The number of aryl methyl sites for hydroxylation is 2. The number of rotatable bonds is 4. The highest BCUT2D eigenvalue weighted by molar-refractivity contribution is 7.92. The van der Waals surface area contributed by atoms with E-state index in [0.29, 0.717) is 11.4 Å². The Morgan fingerprint density at radius 1 is 1.08 bits per heavy atom. The number of sulfonamides is 1. The van der Waals surface area contributed by atoms with Crippen molar-refractivity contribution in [2.45, 2.75) is 11.8 Å². The number of esters is 1. The molecule has 0 spiro atoms. The first-order valence-corrected chi connectivity index (χ1v) is 9.43. The van der Waals surface area contributed by atoms with Crippen LogP contribution in [-0.4, -0.2) is 33.1 Å². The number of benzene rings is 2. The summed E-state index contributed by atoms with van der Waals surface area (Å²) >= 11 is 0. The molecule has 3 aromatic rings. The van der Waals surface area contributed by atoms with E-state index in [0.717, 1.165) is 16.5 Å². The molecule has 7 heteroatoms. The summed E-state index contributed by atoms with van der Waals surface area (Å²) in [5, 5.41) is 0.834. The minimum absolute atomic E-state index is 0.228. The van der Waals surface area contributed by atoms with E-state index < -0.39 is 16.0 Å². The number of anilines is 1. The molecule has 0 aliphatic heterocycles. The standard InChI is InChI=1S/C19H20N2O4S/c1-13-5-9-16(10-6-13)26(23,24)21(3)18-12-14-7-8-15(19(22)25-4)11-17(14)20(18)2/h5-12H,1-4H3. The summed E-state index contributed by atoms with van der Waals surface area (Å²) in [4.78, 5) is 12.0. The van der Waals surface area contributed by atoms with Crippen molar-refractivity contribution in [1.29, 1.82) is 0 Å². The molecule has 136 valence electrons. The fourth-order valence-corrected chi connectivity index (χ4v) is 4.07. The maximum Gasteiger partial charge on any atom is 0.337 e. The summed E-state index contributed by atoms with van der Waals surface area (Å²) in [6.07, 6.45) is 0. The Hall–Kier alpha value is -2.80. The number of ether oxygens (including phenoxy) is 1. The van der Waals surface area contributed by atoms with Gasteiger partial charge in [-0.25, -0.2) is 13.2 Å². The van der Waals surface area contributed by atoms with Crippen molar-refractivity contribution in [3.8, 4) is 0 Å². The minimum Gasteiger partial charge on any atom is -0.465 e. The molecule has 0 unspecified atom stereocenters. The van der Waals surface area contributed by atoms with Crippen LogP contribution in [-0.2, 0) is 21.8 Å². The van der Waals surface area contributed by atoms with Gasteiger partial charge in [0.15, 0.2) is 0 Å². The van der Waals surface area contributed by atoms with E-state index in [-0.39, 0.29) is 4.90 Å². The van der Waals surface area contributed by atoms with E-state index in [4.69, 9.17) is 4.74 Å². The minimum atomic E-state index is -3.69. The van der Waals surface area contributed by atoms with Gasteiger partial charge >= 0.3 is 5.97 Å². The second kappa shape index (κ2) is 6.49. The Labute approximate surface area is 152 Å². The zero-order chi connectivity index (χ0) is 19.1. The van der Waals surface area contributed by atoms with Gasteiger partial charge in [-0.3, -0.25) is 4.31 Å². The Balaban J connectivity index is 2.08. The molecule has 26 heavy (non-hydrogen) atoms. The van der Waals surface area contributed by atoms with Crippen LogP contribution < -0.4 is 4.31 Å². The number of hydrogen-bond donors (Lipinski definition) is 0. The van der Waals surface area contributed by atoms with Gasteiger partial charge in [-0.15, -0.1) is 0 Å². The van der Waals surface area contributed by atoms with Crippen molar-refractivity contribution >= 4 is 32.7 Å².